The van der Waals surface area contributed by atoms with Gasteiger partial charge in [0.15, 0.2) is 0 Å². The van der Waals surface area contributed by atoms with E-state index in [2.05, 4.69) is 19.2 Å². The SMILES string of the molecule is CCCCC1SCOCNC1C. The average molecular weight is 189 g/mol. The van der Waals surface area contributed by atoms with Gasteiger partial charge in [0, 0.05) is 11.3 Å². The van der Waals surface area contributed by atoms with Crippen LogP contribution < -0.4 is 5.32 Å². The van der Waals surface area contributed by atoms with Crippen molar-refractivity contribution < 1.29 is 4.74 Å². The van der Waals surface area contributed by atoms with Crippen LogP contribution in [0.5, 0.6) is 0 Å². The Hall–Kier alpha value is 0.270. The molecule has 0 spiro atoms. The number of hydrogen-bond acceptors (Lipinski definition) is 3. The first kappa shape index (κ1) is 10.4. The molecule has 2 atom stereocenters. The summed E-state index contributed by atoms with van der Waals surface area (Å²) in [6, 6.07) is 0.601. The van der Waals surface area contributed by atoms with Crippen LogP contribution in [-0.2, 0) is 4.74 Å². The molecular formula is C9H19NOS. The van der Waals surface area contributed by atoms with Crippen LogP contribution in [0.15, 0.2) is 0 Å². The lowest BCUT2D eigenvalue weighted by Crippen LogP contribution is -2.34. The van der Waals surface area contributed by atoms with Gasteiger partial charge >= 0.3 is 0 Å². The molecule has 1 heterocycles. The van der Waals surface area contributed by atoms with E-state index < -0.39 is 0 Å². The maximum absolute atomic E-state index is 5.33. The van der Waals surface area contributed by atoms with Gasteiger partial charge in [0.1, 0.15) is 0 Å². The fourth-order valence-electron chi connectivity index (χ4n) is 1.38. The van der Waals surface area contributed by atoms with Crippen molar-refractivity contribution in [3.8, 4) is 0 Å². The minimum absolute atomic E-state index is 0.601. The molecule has 1 fully saturated rings. The topological polar surface area (TPSA) is 21.3 Å². The van der Waals surface area contributed by atoms with Crippen molar-refractivity contribution in [3.05, 3.63) is 0 Å². The van der Waals surface area contributed by atoms with Crippen LogP contribution in [0.25, 0.3) is 0 Å². The number of rotatable bonds is 3. The first-order valence-corrected chi connectivity index (χ1v) is 5.82. The predicted octanol–water partition coefficient (Wildman–Crippen LogP) is 2.20. The molecule has 0 aromatic rings. The van der Waals surface area contributed by atoms with E-state index in [1.165, 1.54) is 19.3 Å². The third-order valence-electron chi connectivity index (χ3n) is 2.27. The molecule has 0 saturated carbocycles. The molecule has 0 aliphatic carbocycles. The second-order valence-corrected chi connectivity index (χ2v) is 4.48. The number of ether oxygens (including phenoxy) is 1. The Kier molecular flexibility index (Phi) is 5.04. The van der Waals surface area contributed by atoms with Gasteiger partial charge in [-0.1, -0.05) is 19.8 Å². The monoisotopic (exact) mass is 189 g/mol. The molecule has 0 aromatic carbocycles. The third-order valence-corrected chi connectivity index (χ3v) is 3.65. The van der Waals surface area contributed by atoms with E-state index in [1.807, 2.05) is 11.8 Å². The normalized spacial score (nSPS) is 31.5. The smallest absolute Gasteiger partial charge is 0.0979 e. The lowest BCUT2D eigenvalue weighted by Gasteiger charge is -2.19. The Morgan fingerprint density at radius 2 is 2.42 bits per heavy atom. The van der Waals surface area contributed by atoms with Gasteiger partial charge in [0.05, 0.1) is 12.7 Å². The average Bonchev–Trinajstić information content (AvgIpc) is 2.27. The van der Waals surface area contributed by atoms with Crippen LogP contribution in [0.4, 0.5) is 0 Å². The summed E-state index contributed by atoms with van der Waals surface area (Å²) in [6.45, 7) is 5.22. The fourth-order valence-corrected chi connectivity index (χ4v) is 2.45. The zero-order valence-corrected chi connectivity index (χ0v) is 8.82. The third kappa shape index (κ3) is 3.33. The highest BCUT2D eigenvalue weighted by Gasteiger charge is 2.19. The lowest BCUT2D eigenvalue weighted by molar-refractivity contribution is 0.158. The van der Waals surface area contributed by atoms with E-state index in [0.717, 1.165) is 17.9 Å². The summed E-state index contributed by atoms with van der Waals surface area (Å²) in [5.74, 6) is 0.853. The van der Waals surface area contributed by atoms with Gasteiger partial charge in [-0.15, -0.1) is 11.8 Å². The highest BCUT2D eigenvalue weighted by Crippen LogP contribution is 2.22. The van der Waals surface area contributed by atoms with Crippen LogP contribution in [0.1, 0.15) is 33.1 Å². The minimum atomic E-state index is 0.601. The van der Waals surface area contributed by atoms with E-state index in [1.54, 1.807) is 0 Å². The molecular weight excluding hydrogens is 170 g/mol. The molecule has 3 heteroatoms. The molecule has 0 radical (unpaired) electrons. The van der Waals surface area contributed by atoms with Gasteiger partial charge in [-0.25, -0.2) is 0 Å². The largest absolute Gasteiger partial charge is 0.356 e. The van der Waals surface area contributed by atoms with Gasteiger partial charge in [-0.05, 0) is 13.3 Å². The van der Waals surface area contributed by atoms with Crippen molar-refractivity contribution in [1.82, 2.24) is 5.32 Å². The van der Waals surface area contributed by atoms with Crippen LogP contribution in [-0.4, -0.2) is 24.0 Å². The molecule has 1 aliphatic rings. The first-order chi connectivity index (χ1) is 5.84. The van der Waals surface area contributed by atoms with E-state index in [0.29, 0.717) is 6.04 Å². The van der Waals surface area contributed by atoms with E-state index in [-0.39, 0.29) is 0 Å². The maximum Gasteiger partial charge on any atom is 0.0979 e. The number of thioether (sulfide) groups is 1. The molecule has 1 aliphatic heterocycles. The summed E-state index contributed by atoms with van der Waals surface area (Å²) in [7, 11) is 0. The Labute approximate surface area is 79.4 Å². The molecule has 12 heavy (non-hydrogen) atoms. The summed E-state index contributed by atoms with van der Waals surface area (Å²) in [4.78, 5) is 0. The number of nitrogens with one attached hydrogen (secondary N) is 1. The van der Waals surface area contributed by atoms with E-state index in [4.69, 9.17) is 4.74 Å². The Morgan fingerprint density at radius 1 is 1.58 bits per heavy atom. The standard InChI is InChI=1S/C9H19NOS/c1-3-4-5-9-8(2)10-6-11-7-12-9/h8-10H,3-7H2,1-2H3. The van der Waals surface area contributed by atoms with Crippen LogP contribution in [0, 0.1) is 0 Å². The van der Waals surface area contributed by atoms with E-state index >= 15 is 0 Å². The Bertz CT molecular complexity index is 121. The molecule has 0 amide bonds. The maximum atomic E-state index is 5.33. The zero-order valence-electron chi connectivity index (χ0n) is 8.01. The van der Waals surface area contributed by atoms with Crippen LogP contribution >= 0.6 is 11.8 Å². The first-order valence-electron chi connectivity index (χ1n) is 4.77. The molecule has 0 aromatic heterocycles. The van der Waals surface area contributed by atoms with Crippen molar-refractivity contribution >= 4 is 11.8 Å². The predicted molar refractivity (Wildman–Crippen MR) is 54.3 cm³/mol. The van der Waals surface area contributed by atoms with Gasteiger partial charge in [0.25, 0.3) is 0 Å². The molecule has 1 rings (SSSR count). The van der Waals surface area contributed by atoms with Crippen molar-refractivity contribution in [3.63, 3.8) is 0 Å². The Morgan fingerprint density at radius 3 is 3.17 bits per heavy atom. The minimum Gasteiger partial charge on any atom is -0.356 e. The van der Waals surface area contributed by atoms with Crippen LogP contribution in [0.2, 0.25) is 0 Å². The van der Waals surface area contributed by atoms with Crippen LogP contribution in [0.3, 0.4) is 0 Å². The second kappa shape index (κ2) is 5.84. The molecule has 72 valence electrons. The number of unbranched alkanes of at least 4 members (excludes halogenated alkanes) is 1. The van der Waals surface area contributed by atoms with Gasteiger partial charge in [-0.3, -0.25) is 5.32 Å². The molecule has 1 saturated heterocycles. The molecule has 2 nitrogen and oxygen atoms in total. The zero-order chi connectivity index (χ0) is 8.81. The van der Waals surface area contributed by atoms with Crippen molar-refractivity contribution in [2.24, 2.45) is 0 Å². The summed E-state index contributed by atoms with van der Waals surface area (Å²) in [5.41, 5.74) is 0. The van der Waals surface area contributed by atoms with Gasteiger partial charge in [-0.2, -0.15) is 0 Å². The van der Waals surface area contributed by atoms with Crippen molar-refractivity contribution in [2.45, 2.75) is 44.4 Å². The van der Waals surface area contributed by atoms with Crippen molar-refractivity contribution in [2.75, 3.05) is 12.7 Å². The van der Waals surface area contributed by atoms with Crippen molar-refractivity contribution in [1.29, 1.82) is 0 Å². The lowest BCUT2D eigenvalue weighted by atomic mass is 10.1. The molecule has 2 unspecified atom stereocenters. The fraction of sp³-hybridized carbons (Fsp3) is 1.00. The number of hydrogen-bond donors (Lipinski definition) is 1. The quantitative estimate of drug-likeness (QED) is 0.735. The second-order valence-electron chi connectivity index (χ2n) is 3.31. The van der Waals surface area contributed by atoms with Gasteiger partial charge in [0.2, 0.25) is 0 Å². The highest BCUT2D eigenvalue weighted by atomic mass is 32.2. The van der Waals surface area contributed by atoms with E-state index in [9.17, 15) is 0 Å². The van der Waals surface area contributed by atoms with Gasteiger partial charge < -0.3 is 4.74 Å². The Balaban J connectivity index is 2.26. The molecule has 1 N–H and O–H groups in total. The summed E-state index contributed by atoms with van der Waals surface area (Å²) < 4.78 is 5.33. The summed E-state index contributed by atoms with van der Waals surface area (Å²) in [6.07, 6.45) is 3.95. The highest BCUT2D eigenvalue weighted by molar-refractivity contribution is 7.99. The molecule has 0 bridgehead atoms. The summed E-state index contributed by atoms with van der Waals surface area (Å²) >= 11 is 1.95. The summed E-state index contributed by atoms with van der Waals surface area (Å²) in [5, 5.41) is 4.10.